The predicted octanol–water partition coefficient (Wildman–Crippen LogP) is 4.40. The fourth-order valence-electron chi connectivity index (χ4n) is 2.18. The summed E-state index contributed by atoms with van der Waals surface area (Å²) in [6, 6.07) is 4.79. The molecule has 0 spiro atoms. The van der Waals surface area contributed by atoms with Crippen molar-refractivity contribution in [2.45, 2.75) is 46.6 Å². The van der Waals surface area contributed by atoms with Crippen LogP contribution in [0.5, 0.6) is 5.75 Å². The fraction of sp³-hybridized carbons (Fsp3) is 0.600. The van der Waals surface area contributed by atoms with Crippen LogP contribution in [0.15, 0.2) is 18.2 Å². The van der Waals surface area contributed by atoms with E-state index in [-0.39, 0.29) is 5.75 Å². The van der Waals surface area contributed by atoms with Crippen LogP contribution in [0.2, 0.25) is 0 Å². The van der Waals surface area contributed by atoms with Gasteiger partial charge in [-0.2, -0.15) is 0 Å². The first-order chi connectivity index (χ1) is 8.38. The zero-order valence-electron chi connectivity index (χ0n) is 11.7. The minimum absolute atomic E-state index is 0.301. The number of benzene rings is 1. The standard InChI is InChI=1S/C15H24FNO/c1-10(2)7-13(8-11(3)4)17-12-5-6-15(18)14(16)9-12/h5-6,9-11,13,17-18H,7-8H2,1-4H3. The number of phenols is 1. The normalized spacial score (nSPS) is 11.6. The highest BCUT2D eigenvalue weighted by Crippen LogP contribution is 2.23. The van der Waals surface area contributed by atoms with Crippen LogP contribution >= 0.6 is 0 Å². The molecule has 0 saturated heterocycles. The van der Waals surface area contributed by atoms with Crippen LogP contribution < -0.4 is 5.32 Å². The van der Waals surface area contributed by atoms with Crippen LogP contribution in [0, 0.1) is 17.7 Å². The summed E-state index contributed by atoms with van der Waals surface area (Å²) in [5.41, 5.74) is 0.733. The maximum atomic E-state index is 13.3. The highest BCUT2D eigenvalue weighted by molar-refractivity contribution is 5.47. The summed E-state index contributed by atoms with van der Waals surface area (Å²) in [5, 5.41) is 12.5. The topological polar surface area (TPSA) is 32.3 Å². The Bertz CT molecular complexity index is 367. The molecule has 0 aliphatic carbocycles. The van der Waals surface area contributed by atoms with E-state index < -0.39 is 5.82 Å². The Labute approximate surface area is 109 Å². The Morgan fingerprint density at radius 1 is 1.11 bits per heavy atom. The van der Waals surface area contributed by atoms with E-state index in [0.29, 0.717) is 17.9 Å². The summed E-state index contributed by atoms with van der Waals surface area (Å²) in [5.74, 6) is 0.323. The zero-order chi connectivity index (χ0) is 13.7. The van der Waals surface area contributed by atoms with E-state index in [9.17, 15) is 4.39 Å². The number of phenolic OH excluding ortho intramolecular Hbond substituents is 1. The van der Waals surface area contributed by atoms with Crippen LogP contribution in [-0.4, -0.2) is 11.1 Å². The molecular weight excluding hydrogens is 229 g/mol. The van der Waals surface area contributed by atoms with Gasteiger partial charge in [0.15, 0.2) is 11.6 Å². The summed E-state index contributed by atoms with van der Waals surface area (Å²) in [6.07, 6.45) is 2.11. The van der Waals surface area contributed by atoms with E-state index in [1.807, 2.05) is 0 Å². The zero-order valence-corrected chi connectivity index (χ0v) is 11.7. The molecule has 0 aromatic heterocycles. The monoisotopic (exact) mass is 253 g/mol. The van der Waals surface area contributed by atoms with Gasteiger partial charge in [0.05, 0.1) is 0 Å². The van der Waals surface area contributed by atoms with Crippen molar-refractivity contribution in [1.82, 2.24) is 0 Å². The molecule has 1 aromatic rings. The molecule has 0 aliphatic heterocycles. The molecule has 102 valence electrons. The second-order valence-corrected chi connectivity index (χ2v) is 5.77. The minimum Gasteiger partial charge on any atom is -0.505 e. The maximum absolute atomic E-state index is 13.3. The Morgan fingerprint density at radius 3 is 2.11 bits per heavy atom. The predicted molar refractivity (Wildman–Crippen MR) is 74.4 cm³/mol. The Kier molecular flexibility index (Phi) is 5.45. The third kappa shape index (κ3) is 4.94. The molecule has 2 N–H and O–H groups in total. The molecule has 0 bridgehead atoms. The van der Waals surface area contributed by atoms with Gasteiger partial charge in [0, 0.05) is 17.8 Å². The second-order valence-electron chi connectivity index (χ2n) is 5.77. The highest BCUT2D eigenvalue weighted by Gasteiger charge is 2.13. The molecule has 0 radical (unpaired) electrons. The SMILES string of the molecule is CC(C)CC(CC(C)C)Nc1ccc(O)c(F)c1. The Hall–Kier alpha value is -1.25. The van der Waals surface area contributed by atoms with Gasteiger partial charge in [-0.25, -0.2) is 4.39 Å². The fourth-order valence-corrected chi connectivity index (χ4v) is 2.18. The third-order valence-corrected chi connectivity index (χ3v) is 2.83. The van der Waals surface area contributed by atoms with Gasteiger partial charge in [0.1, 0.15) is 0 Å². The van der Waals surface area contributed by atoms with Gasteiger partial charge in [0.2, 0.25) is 0 Å². The summed E-state index contributed by atoms with van der Waals surface area (Å²) in [4.78, 5) is 0. The van der Waals surface area contributed by atoms with E-state index in [4.69, 9.17) is 5.11 Å². The van der Waals surface area contributed by atoms with Crippen LogP contribution in [0.1, 0.15) is 40.5 Å². The summed E-state index contributed by atoms with van der Waals surface area (Å²) < 4.78 is 13.3. The van der Waals surface area contributed by atoms with Crippen molar-refractivity contribution in [3.05, 3.63) is 24.0 Å². The smallest absolute Gasteiger partial charge is 0.166 e. The molecule has 2 nitrogen and oxygen atoms in total. The van der Waals surface area contributed by atoms with E-state index in [2.05, 4.69) is 33.0 Å². The molecule has 0 atom stereocenters. The highest BCUT2D eigenvalue weighted by atomic mass is 19.1. The molecule has 1 aromatic carbocycles. The Morgan fingerprint density at radius 2 is 1.67 bits per heavy atom. The average molecular weight is 253 g/mol. The average Bonchev–Trinajstić information content (AvgIpc) is 2.21. The van der Waals surface area contributed by atoms with E-state index in [0.717, 1.165) is 18.5 Å². The first-order valence-electron chi connectivity index (χ1n) is 6.63. The molecule has 0 aliphatic rings. The van der Waals surface area contributed by atoms with E-state index >= 15 is 0 Å². The van der Waals surface area contributed by atoms with Crippen molar-refractivity contribution in [1.29, 1.82) is 0 Å². The molecule has 0 amide bonds. The molecule has 0 heterocycles. The quantitative estimate of drug-likeness (QED) is 0.736. The molecular formula is C15H24FNO. The first-order valence-corrected chi connectivity index (χ1v) is 6.63. The van der Waals surface area contributed by atoms with Crippen LogP contribution in [0.25, 0.3) is 0 Å². The molecule has 1 rings (SSSR count). The van der Waals surface area contributed by atoms with Crippen molar-refractivity contribution in [3.63, 3.8) is 0 Å². The van der Waals surface area contributed by atoms with Gasteiger partial charge in [-0.1, -0.05) is 27.7 Å². The van der Waals surface area contributed by atoms with Gasteiger partial charge in [-0.05, 0) is 36.8 Å². The number of hydrogen-bond donors (Lipinski definition) is 2. The molecule has 3 heteroatoms. The van der Waals surface area contributed by atoms with Crippen LogP contribution in [-0.2, 0) is 0 Å². The number of hydrogen-bond acceptors (Lipinski definition) is 2. The maximum Gasteiger partial charge on any atom is 0.166 e. The summed E-state index contributed by atoms with van der Waals surface area (Å²) >= 11 is 0. The molecule has 0 saturated carbocycles. The summed E-state index contributed by atoms with van der Waals surface area (Å²) in [7, 11) is 0. The summed E-state index contributed by atoms with van der Waals surface area (Å²) in [6.45, 7) is 8.75. The van der Waals surface area contributed by atoms with Gasteiger partial charge in [0.25, 0.3) is 0 Å². The van der Waals surface area contributed by atoms with Crippen LogP contribution in [0.3, 0.4) is 0 Å². The van der Waals surface area contributed by atoms with Crippen LogP contribution in [0.4, 0.5) is 10.1 Å². The lowest BCUT2D eigenvalue weighted by Crippen LogP contribution is -2.23. The lowest BCUT2D eigenvalue weighted by atomic mass is 9.95. The lowest BCUT2D eigenvalue weighted by molar-refractivity contribution is 0.430. The van der Waals surface area contributed by atoms with Crippen molar-refractivity contribution >= 4 is 5.69 Å². The van der Waals surface area contributed by atoms with Crippen molar-refractivity contribution in [2.24, 2.45) is 11.8 Å². The number of halogens is 1. The number of rotatable bonds is 6. The number of aromatic hydroxyl groups is 1. The Balaban J connectivity index is 2.71. The first kappa shape index (κ1) is 14.8. The van der Waals surface area contributed by atoms with Crippen molar-refractivity contribution in [3.8, 4) is 5.75 Å². The number of anilines is 1. The molecule has 18 heavy (non-hydrogen) atoms. The van der Waals surface area contributed by atoms with Crippen molar-refractivity contribution in [2.75, 3.05) is 5.32 Å². The van der Waals surface area contributed by atoms with Gasteiger partial charge < -0.3 is 10.4 Å². The van der Waals surface area contributed by atoms with E-state index in [1.165, 1.54) is 12.1 Å². The van der Waals surface area contributed by atoms with Crippen molar-refractivity contribution < 1.29 is 9.50 Å². The van der Waals surface area contributed by atoms with E-state index in [1.54, 1.807) is 6.07 Å². The lowest BCUT2D eigenvalue weighted by Gasteiger charge is -2.23. The largest absolute Gasteiger partial charge is 0.505 e. The molecule has 0 fully saturated rings. The third-order valence-electron chi connectivity index (χ3n) is 2.83. The minimum atomic E-state index is -0.576. The second kappa shape index (κ2) is 6.62. The van der Waals surface area contributed by atoms with Gasteiger partial charge >= 0.3 is 0 Å². The van der Waals surface area contributed by atoms with Gasteiger partial charge in [-0.3, -0.25) is 0 Å². The number of nitrogens with one attached hydrogen (secondary N) is 1. The van der Waals surface area contributed by atoms with Gasteiger partial charge in [-0.15, -0.1) is 0 Å². The molecule has 0 unspecified atom stereocenters.